The Labute approximate surface area is 118 Å². The number of nitrogens with one attached hydrogen (secondary N) is 1. The summed E-state index contributed by atoms with van der Waals surface area (Å²) < 4.78 is 0. The van der Waals surface area contributed by atoms with Crippen LogP contribution in [-0.4, -0.2) is 24.6 Å². The molecule has 3 heteroatoms. The smallest absolute Gasteiger partial charge is 0.128 e. The fraction of sp³-hybridized carbons (Fsp3) is 0.688. The van der Waals surface area contributed by atoms with E-state index in [2.05, 4.69) is 75.9 Å². The standard InChI is InChI=1S/C16H29N3/c1-8-17-12(2)14-9-10-15(18-11-14)19(7)13(3)16(4,5)6/h9-13,17H,8H2,1-7H3. The molecule has 1 aromatic rings. The fourth-order valence-electron chi connectivity index (χ4n) is 2.07. The molecule has 108 valence electrons. The van der Waals surface area contributed by atoms with Crippen LogP contribution in [0.1, 0.15) is 53.1 Å². The number of nitrogens with zero attached hydrogens (tertiary/aromatic N) is 2. The molecule has 0 saturated carbocycles. The second kappa shape index (κ2) is 6.38. The molecule has 1 aromatic heterocycles. The van der Waals surface area contributed by atoms with E-state index in [4.69, 9.17) is 0 Å². The van der Waals surface area contributed by atoms with Crippen molar-refractivity contribution in [2.75, 3.05) is 18.5 Å². The average molecular weight is 263 g/mol. The molecule has 0 aliphatic rings. The van der Waals surface area contributed by atoms with Gasteiger partial charge in [0.25, 0.3) is 0 Å². The quantitative estimate of drug-likeness (QED) is 0.879. The molecule has 0 saturated heterocycles. The van der Waals surface area contributed by atoms with Crippen LogP contribution in [0.15, 0.2) is 18.3 Å². The Balaban J connectivity index is 2.81. The third kappa shape index (κ3) is 4.20. The first-order valence-corrected chi connectivity index (χ1v) is 7.19. The number of pyridine rings is 1. The highest BCUT2D eigenvalue weighted by Crippen LogP contribution is 2.26. The summed E-state index contributed by atoms with van der Waals surface area (Å²) in [5.41, 5.74) is 1.48. The van der Waals surface area contributed by atoms with Crippen molar-refractivity contribution < 1.29 is 0 Å². The van der Waals surface area contributed by atoms with E-state index in [-0.39, 0.29) is 5.41 Å². The summed E-state index contributed by atoms with van der Waals surface area (Å²) >= 11 is 0. The summed E-state index contributed by atoms with van der Waals surface area (Å²) in [5.74, 6) is 1.04. The molecule has 0 spiro atoms. The maximum Gasteiger partial charge on any atom is 0.128 e. The predicted octanol–water partition coefficient (Wildman–Crippen LogP) is 3.62. The molecule has 3 nitrogen and oxygen atoms in total. The van der Waals surface area contributed by atoms with Crippen LogP contribution in [0.5, 0.6) is 0 Å². The molecule has 0 fully saturated rings. The molecule has 2 atom stereocenters. The summed E-state index contributed by atoms with van der Waals surface area (Å²) in [6.07, 6.45) is 1.98. The van der Waals surface area contributed by atoms with Crippen molar-refractivity contribution in [2.45, 2.75) is 53.6 Å². The highest BCUT2D eigenvalue weighted by atomic mass is 15.2. The zero-order valence-electron chi connectivity index (χ0n) is 13.5. The number of hydrogen-bond acceptors (Lipinski definition) is 3. The van der Waals surface area contributed by atoms with Crippen LogP contribution in [0.2, 0.25) is 0 Å². The topological polar surface area (TPSA) is 28.2 Å². The van der Waals surface area contributed by atoms with Gasteiger partial charge in [-0.1, -0.05) is 33.8 Å². The van der Waals surface area contributed by atoms with Gasteiger partial charge in [-0.3, -0.25) is 0 Å². The minimum atomic E-state index is 0.242. The fourth-order valence-corrected chi connectivity index (χ4v) is 2.07. The van der Waals surface area contributed by atoms with E-state index in [0.29, 0.717) is 12.1 Å². The van der Waals surface area contributed by atoms with E-state index in [1.54, 1.807) is 0 Å². The first-order chi connectivity index (χ1) is 8.77. The highest BCUT2D eigenvalue weighted by molar-refractivity contribution is 5.40. The van der Waals surface area contributed by atoms with Crippen molar-refractivity contribution in [3.63, 3.8) is 0 Å². The molecule has 19 heavy (non-hydrogen) atoms. The Morgan fingerprint density at radius 1 is 1.26 bits per heavy atom. The van der Waals surface area contributed by atoms with Crippen LogP contribution < -0.4 is 10.2 Å². The van der Waals surface area contributed by atoms with E-state index >= 15 is 0 Å². The Morgan fingerprint density at radius 3 is 2.32 bits per heavy atom. The van der Waals surface area contributed by atoms with Gasteiger partial charge in [-0.25, -0.2) is 4.98 Å². The summed E-state index contributed by atoms with van der Waals surface area (Å²) in [6, 6.07) is 5.08. The summed E-state index contributed by atoms with van der Waals surface area (Å²) in [4.78, 5) is 6.85. The van der Waals surface area contributed by atoms with Crippen LogP contribution in [0, 0.1) is 5.41 Å². The van der Waals surface area contributed by atoms with Gasteiger partial charge in [-0.2, -0.15) is 0 Å². The first kappa shape index (κ1) is 16.0. The summed E-state index contributed by atoms with van der Waals surface area (Å²) in [6.45, 7) is 14.3. The summed E-state index contributed by atoms with van der Waals surface area (Å²) in [5, 5.41) is 3.40. The van der Waals surface area contributed by atoms with Gasteiger partial charge < -0.3 is 10.2 Å². The van der Waals surface area contributed by atoms with Crippen molar-refractivity contribution in [3.05, 3.63) is 23.9 Å². The molecule has 0 aliphatic carbocycles. The number of rotatable bonds is 5. The van der Waals surface area contributed by atoms with E-state index in [9.17, 15) is 0 Å². The van der Waals surface area contributed by atoms with Crippen molar-refractivity contribution >= 4 is 5.82 Å². The number of aromatic nitrogens is 1. The number of anilines is 1. The molecule has 0 amide bonds. The van der Waals surface area contributed by atoms with Crippen molar-refractivity contribution in [1.82, 2.24) is 10.3 Å². The molecule has 1 rings (SSSR count). The van der Waals surface area contributed by atoms with Gasteiger partial charge in [0.1, 0.15) is 5.82 Å². The molecule has 1 N–H and O–H groups in total. The summed E-state index contributed by atoms with van der Waals surface area (Å²) in [7, 11) is 2.12. The maximum absolute atomic E-state index is 4.60. The van der Waals surface area contributed by atoms with E-state index in [1.807, 2.05) is 6.20 Å². The molecule has 0 radical (unpaired) electrons. The maximum atomic E-state index is 4.60. The second-order valence-electron chi connectivity index (χ2n) is 6.38. The average Bonchev–Trinajstić information content (AvgIpc) is 2.36. The monoisotopic (exact) mass is 263 g/mol. The lowest BCUT2D eigenvalue weighted by Crippen LogP contribution is -2.39. The van der Waals surface area contributed by atoms with Crippen molar-refractivity contribution in [1.29, 1.82) is 0 Å². The lowest BCUT2D eigenvalue weighted by atomic mass is 9.87. The molecule has 0 aliphatic heterocycles. The Bertz CT molecular complexity index is 378. The molecular weight excluding hydrogens is 234 g/mol. The first-order valence-electron chi connectivity index (χ1n) is 7.19. The van der Waals surface area contributed by atoms with Crippen molar-refractivity contribution in [2.24, 2.45) is 5.41 Å². The second-order valence-corrected chi connectivity index (χ2v) is 6.38. The van der Waals surface area contributed by atoms with Crippen LogP contribution in [0.3, 0.4) is 0 Å². The van der Waals surface area contributed by atoms with E-state index in [1.165, 1.54) is 5.56 Å². The van der Waals surface area contributed by atoms with Gasteiger partial charge in [0.2, 0.25) is 0 Å². The van der Waals surface area contributed by atoms with E-state index in [0.717, 1.165) is 12.4 Å². The molecule has 0 bridgehead atoms. The van der Waals surface area contributed by atoms with Gasteiger partial charge in [-0.15, -0.1) is 0 Å². The lowest BCUT2D eigenvalue weighted by Gasteiger charge is -2.36. The largest absolute Gasteiger partial charge is 0.356 e. The van der Waals surface area contributed by atoms with Gasteiger partial charge in [0.05, 0.1) is 0 Å². The minimum absolute atomic E-state index is 0.242. The third-order valence-electron chi connectivity index (χ3n) is 3.98. The lowest BCUT2D eigenvalue weighted by molar-refractivity contribution is 0.328. The number of hydrogen-bond donors (Lipinski definition) is 1. The Morgan fingerprint density at radius 2 is 1.89 bits per heavy atom. The minimum Gasteiger partial charge on any atom is -0.356 e. The van der Waals surface area contributed by atoms with Gasteiger partial charge >= 0.3 is 0 Å². The SMILES string of the molecule is CCNC(C)c1ccc(N(C)C(C)C(C)(C)C)nc1. The van der Waals surface area contributed by atoms with Gasteiger partial charge in [0, 0.05) is 25.3 Å². The van der Waals surface area contributed by atoms with Crippen molar-refractivity contribution in [3.8, 4) is 0 Å². The van der Waals surface area contributed by atoms with Crippen LogP contribution in [-0.2, 0) is 0 Å². The van der Waals surface area contributed by atoms with Crippen LogP contribution in [0.25, 0.3) is 0 Å². The third-order valence-corrected chi connectivity index (χ3v) is 3.98. The molecular formula is C16H29N3. The van der Waals surface area contributed by atoms with Gasteiger partial charge in [-0.05, 0) is 37.4 Å². The zero-order chi connectivity index (χ0) is 14.6. The van der Waals surface area contributed by atoms with Crippen LogP contribution in [0.4, 0.5) is 5.82 Å². The Hall–Kier alpha value is -1.09. The van der Waals surface area contributed by atoms with Gasteiger partial charge in [0.15, 0.2) is 0 Å². The highest BCUT2D eigenvalue weighted by Gasteiger charge is 2.24. The van der Waals surface area contributed by atoms with E-state index < -0.39 is 0 Å². The Kier molecular flexibility index (Phi) is 5.36. The molecule has 0 aromatic carbocycles. The molecule has 2 unspecified atom stereocenters. The van der Waals surface area contributed by atoms with Crippen LogP contribution >= 0.6 is 0 Å². The zero-order valence-corrected chi connectivity index (χ0v) is 13.5. The normalized spacial score (nSPS) is 15.1. The predicted molar refractivity (Wildman–Crippen MR) is 83.6 cm³/mol. The molecule has 1 heterocycles.